The molecule has 0 aliphatic rings. The van der Waals surface area contributed by atoms with Crippen molar-refractivity contribution < 1.29 is 0 Å². The van der Waals surface area contributed by atoms with Crippen molar-refractivity contribution in [1.29, 1.82) is 0 Å². The molecule has 6 heterocycles. The first-order chi connectivity index (χ1) is 25.8. The molecule has 12 aromatic rings. The van der Waals surface area contributed by atoms with E-state index < -0.39 is 0 Å². The minimum Gasteiger partial charge on any atom is -0.308 e. The average molecular weight is 699 g/mol. The van der Waals surface area contributed by atoms with Crippen molar-refractivity contribution in [2.45, 2.75) is 0 Å². The Bertz CT molecular complexity index is 3410. The maximum Gasteiger partial charge on any atom is 0.138 e. The van der Waals surface area contributed by atoms with Gasteiger partial charge in [0.1, 0.15) is 5.82 Å². The van der Waals surface area contributed by atoms with E-state index in [2.05, 4.69) is 155 Å². The fourth-order valence-electron chi connectivity index (χ4n) is 8.46. The lowest BCUT2D eigenvalue weighted by molar-refractivity contribution is 1.08. The molecule has 4 nitrogen and oxygen atoms in total. The third-order valence-electron chi connectivity index (χ3n) is 10.6. The molecule has 0 atom stereocenters. The predicted octanol–water partition coefficient (Wildman–Crippen LogP) is 13.1. The molecule has 0 fully saturated rings. The van der Waals surface area contributed by atoms with Gasteiger partial charge in [0.2, 0.25) is 0 Å². The lowest BCUT2D eigenvalue weighted by Gasteiger charge is -2.11. The Kier molecular flexibility index (Phi) is 5.78. The lowest BCUT2D eigenvalue weighted by atomic mass is 10.1. The summed E-state index contributed by atoms with van der Waals surface area (Å²) in [6.45, 7) is 0. The molecule has 6 heteroatoms. The molecule has 6 aromatic carbocycles. The van der Waals surface area contributed by atoms with Crippen LogP contribution in [0.4, 0.5) is 0 Å². The first kappa shape index (κ1) is 28.4. The van der Waals surface area contributed by atoms with Gasteiger partial charge in [0.15, 0.2) is 0 Å². The SMILES string of the molecule is c1ccc2c(c1)sc1ccc3c(c4ccccc4n3-c3ccc(-c4ccnc(-n5c6ccccc6c6c7c(ccc65)sc5ccccc57)c4)nc3)c12. The molecule has 0 unspecified atom stereocenters. The molecule has 0 amide bonds. The average Bonchev–Trinajstić information content (AvgIpc) is 3.95. The van der Waals surface area contributed by atoms with Gasteiger partial charge >= 0.3 is 0 Å². The van der Waals surface area contributed by atoms with Crippen molar-refractivity contribution in [3.05, 3.63) is 158 Å². The van der Waals surface area contributed by atoms with Crippen molar-refractivity contribution in [3.63, 3.8) is 0 Å². The van der Waals surface area contributed by atoms with E-state index in [9.17, 15) is 0 Å². The van der Waals surface area contributed by atoms with Crippen molar-refractivity contribution in [3.8, 4) is 22.8 Å². The van der Waals surface area contributed by atoms with Crippen LogP contribution in [0.2, 0.25) is 0 Å². The fraction of sp³-hybridized carbons (Fsp3) is 0. The van der Waals surface area contributed by atoms with Crippen LogP contribution in [0.25, 0.3) is 107 Å². The van der Waals surface area contributed by atoms with Crippen LogP contribution in [0.1, 0.15) is 0 Å². The third kappa shape index (κ3) is 3.85. The van der Waals surface area contributed by atoms with Crippen molar-refractivity contribution in [2.75, 3.05) is 0 Å². The van der Waals surface area contributed by atoms with Crippen LogP contribution in [0, 0.1) is 0 Å². The third-order valence-corrected chi connectivity index (χ3v) is 12.9. The molecule has 0 bridgehead atoms. The smallest absolute Gasteiger partial charge is 0.138 e. The number of rotatable bonds is 3. The van der Waals surface area contributed by atoms with E-state index in [1.807, 2.05) is 35.1 Å². The van der Waals surface area contributed by atoms with Gasteiger partial charge in [0, 0.05) is 73.6 Å². The number of hydrogen-bond donors (Lipinski definition) is 0. The molecule has 6 aromatic heterocycles. The van der Waals surface area contributed by atoms with Gasteiger partial charge in [-0.05, 0) is 72.8 Å². The summed E-state index contributed by atoms with van der Waals surface area (Å²) in [4.78, 5) is 10.0. The molecule has 0 saturated carbocycles. The Hall–Kier alpha value is -6.34. The zero-order valence-electron chi connectivity index (χ0n) is 27.6. The number of hydrogen-bond acceptors (Lipinski definition) is 4. The van der Waals surface area contributed by atoms with Gasteiger partial charge in [-0.2, -0.15) is 0 Å². The van der Waals surface area contributed by atoms with Gasteiger partial charge in [0.25, 0.3) is 0 Å². The number of benzene rings is 6. The highest BCUT2D eigenvalue weighted by molar-refractivity contribution is 7.26. The Balaban J connectivity index is 1.02. The zero-order chi connectivity index (χ0) is 33.9. The number of aromatic nitrogens is 4. The summed E-state index contributed by atoms with van der Waals surface area (Å²) in [6, 6.07) is 52.6. The minimum atomic E-state index is 0.878. The van der Waals surface area contributed by atoms with E-state index in [1.54, 1.807) is 0 Å². The van der Waals surface area contributed by atoms with Crippen LogP contribution in [-0.2, 0) is 0 Å². The second-order valence-electron chi connectivity index (χ2n) is 13.4. The molecule has 0 saturated heterocycles. The van der Waals surface area contributed by atoms with Gasteiger partial charge in [0.05, 0.1) is 39.6 Å². The highest BCUT2D eigenvalue weighted by Gasteiger charge is 2.20. The summed E-state index contributed by atoms with van der Waals surface area (Å²) < 4.78 is 9.91. The van der Waals surface area contributed by atoms with E-state index in [0.29, 0.717) is 0 Å². The molecule has 0 spiro atoms. The number of fused-ring (bicyclic) bond motifs is 14. The number of para-hydroxylation sites is 2. The number of nitrogens with zero attached hydrogens (tertiary/aromatic N) is 4. The van der Waals surface area contributed by atoms with Crippen LogP contribution >= 0.6 is 22.7 Å². The zero-order valence-corrected chi connectivity index (χ0v) is 29.2. The topological polar surface area (TPSA) is 35.6 Å². The molecule has 0 aliphatic heterocycles. The van der Waals surface area contributed by atoms with Crippen molar-refractivity contribution in [2.24, 2.45) is 0 Å². The number of thiophene rings is 2. The molecule has 242 valence electrons. The molecule has 0 N–H and O–H groups in total. The molecular formula is C46H26N4S2. The molecule has 0 aliphatic carbocycles. The lowest BCUT2D eigenvalue weighted by Crippen LogP contribution is -1.98. The summed E-state index contributed by atoms with van der Waals surface area (Å²) in [5.74, 6) is 0.878. The summed E-state index contributed by atoms with van der Waals surface area (Å²) in [5, 5.41) is 10.3. The summed E-state index contributed by atoms with van der Waals surface area (Å²) in [6.07, 6.45) is 3.92. The quantitative estimate of drug-likeness (QED) is 0.184. The maximum atomic E-state index is 5.08. The first-order valence-corrected chi connectivity index (χ1v) is 19.0. The van der Waals surface area contributed by atoms with Crippen molar-refractivity contribution >= 4 is 107 Å². The van der Waals surface area contributed by atoms with E-state index in [0.717, 1.165) is 33.8 Å². The van der Waals surface area contributed by atoms with Crippen LogP contribution in [0.15, 0.2) is 158 Å². The highest BCUT2D eigenvalue weighted by atomic mass is 32.1. The Morgan fingerprint density at radius 2 is 0.962 bits per heavy atom. The summed E-state index contributed by atoms with van der Waals surface area (Å²) in [5.41, 5.74) is 7.65. The Morgan fingerprint density at radius 1 is 0.404 bits per heavy atom. The predicted molar refractivity (Wildman–Crippen MR) is 222 cm³/mol. The van der Waals surface area contributed by atoms with Gasteiger partial charge in [-0.15, -0.1) is 22.7 Å². The van der Waals surface area contributed by atoms with Crippen LogP contribution < -0.4 is 0 Å². The fourth-order valence-corrected chi connectivity index (χ4v) is 10.7. The largest absolute Gasteiger partial charge is 0.308 e. The minimum absolute atomic E-state index is 0.878. The van der Waals surface area contributed by atoms with Crippen LogP contribution in [0.3, 0.4) is 0 Å². The van der Waals surface area contributed by atoms with Gasteiger partial charge in [-0.1, -0.05) is 72.8 Å². The monoisotopic (exact) mass is 698 g/mol. The second-order valence-corrected chi connectivity index (χ2v) is 15.5. The van der Waals surface area contributed by atoms with E-state index in [-0.39, 0.29) is 0 Å². The maximum absolute atomic E-state index is 5.08. The van der Waals surface area contributed by atoms with Gasteiger partial charge in [-0.3, -0.25) is 9.55 Å². The Morgan fingerprint density at radius 3 is 1.58 bits per heavy atom. The Labute approximate surface area is 305 Å². The van der Waals surface area contributed by atoms with Crippen LogP contribution in [-0.4, -0.2) is 19.1 Å². The normalized spacial score (nSPS) is 12.2. The first-order valence-electron chi connectivity index (χ1n) is 17.4. The molecule has 12 rings (SSSR count). The van der Waals surface area contributed by atoms with Crippen molar-refractivity contribution in [1.82, 2.24) is 19.1 Å². The molecule has 0 radical (unpaired) electrons. The highest BCUT2D eigenvalue weighted by Crippen LogP contribution is 2.45. The second kappa shape index (κ2) is 10.6. The molecular weight excluding hydrogens is 673 g/mol. The standard InChI is InChI=1S/C46H26N4S2/c1-5-13-34-29(9-1)43-36(19-21-40-45(43)31-11-3-7-15-38(31)51-40)49(34)28-17-18-33(48-26-28)27-23-24-47-42(25-27)50-35-14-6-2-10-30(35)44-37(50)20-22-41-46(44)32-12-4-8-16-39(32)52-41/h1-26H. The number of pyridine rings is 2. The van der Waals surface area contributed by atoms with Gasteiger partial charge < -0.3 is 4.57 Å². The van der Waals surface area contributed by atoms with E-state index in [4.69, 9.17) is 9.97 Å². The van der Waals surface area contributed by atoms with Gasteiger partial charge in [-0.25, -0.2) is 4.98 Å². The van der Waals surface area contributed by atoms with E-state index >= 15 is 0 Å². The summed E-state index contributed by atoms with van der Waals surface area (Å²) in [7, 11) is 0. The van der Waals surface area contributed by atoms with E-state index in [1.165, 1.54) is 72.9 Å². The summed E-state index contributed by atoms with van der Waals surface area (Å²) >= 11 is 3.72. The van der Waals surface area contributed by atoms with Crippen LogP contribution in [0.5, 0.6) is 0 Å². The molecule has 52 heavy (non-hydrogen) atoms.